The molecule has 2 nitrogen and oxygen atoms in total. The summed E-state index contributed by atoms with van der Waals surface area (Å²) in [6.07, 6.45) is 0.865. The second-order valence-electron chi connectivity index (χ2n) is 6.55. The van der Waals surface area contributed by atoms with Crippen molar-refractivity contribution in [1.82, 2.24) is 0 Å². The molecule has 1 aliphatic heterocycles. The van der Waals surface area contributed by atoms with Crippen LogP contribution < -0.4 is 5.46 Å². The van der Waals surface area contributed by atoms with E-state index in [9.17, 15) is 4.39 Å². The summed E-state index contributed by atoms with van der Waals surface area (Å²) >= 11 is 6.03. The summed E-state index contributed by atoms with van der Waals surface area (Å²) in [6.45, 7) is 10.3. The standard InChI is InChI=1S/C15H21BClFO2/c1-10(2)9-15(5)14(3,4)19-16(20-15)11-7-6-8-12(18)13(11)17/h6-8,10H,9H2,1-5H3. The van der Waals surface area contributed by atoms with Crippen LogP contribution in [0.5, 0.6) is 0 Å². The van der Waals surface area contributed by atoms with Crippen molar-refractivity contribution in [2.45, 2.75) is 52.2 Å². The molecule has 1 aliphatic rings. The number of rotatable bonds is 3. The van der Waals surface area contributed by atoms with Gasteiger partial charge in [-0.05, 0) is 39.2 Å². The van der Waals surface area contributed by atoms with Gasteiger partial charge in [0.15, 0.2) is 0 Å². The molecular weight excluding hydrogens is 277 g/mol. The van der Waals surface area contributed by atoms with Crippen molar-refractivity contribution in [2.24, 2.45) is 5.92 Å². The Labute approximate surface area is 125 Å². The molecule has 0 aliphatic carbocycles. The fraction of sp³-hybridized carbons (Fsp3) is 0.600. The SMILES string of the molecule is CC(C)CC1(C)OB(c2cccc(F)c2Cl)OC1(C)C. The molecule has 2 rings (SSSR count). The summed E-state index contributed by atoms with van der Waals surface area (Å²) < 4.78 is 25.7. The molecule has 5 heteroatoms. The minimum atomic E-state index is -0.628. The topological polar surface area (TPSA) is 18.5 Å². The summed E-state index contributed by atoms with van der Waals surface area (Å²) in [5.41, 5.74) is -0.341. The number of hydrogen-bond acceptors (Lipinski definition) is 2. The van der Waals surface area contributed by atoms with Gasteiger partial charge < -0.3 is 9.31 Å². The molecule has 1 fully saturated rings. The zero-order valence-corrected chi connectivity index (χ0v) is 13.4. The van der Waals surface area contributed by atoms with Gasteiger partial charge >= 0.3 is 7.12 Å². The highest BCUT2D eigenvalue weighted by Crippen LogP contribution is 2.41. The maximum Gasteiger partial charge on any atom is 0.496 e. The maximum atomic E-state index is 13.6. The first-order valence-corrected chi connectivity index (χ1v) is 7.33. The van der Waals surface area contributed by atoms with Crippen LogP contribution in [-0.2, 0) is 9.31 Å². The highest BCUT2D eigenvalue weighted by Gasteiger charge is 2.55. The summed E-state index contributed by atoms with van der Waals surface area (Å²) in [5, 5.41) is 0.0714. The molecule has 1 aromatic rings. The first-order valence-electron chi connectivity index (χ1n) is 6.96. The van der Waals surface area contributed by atoms with Crippen LogP contribution in [0.25, 0.3) is 0 Å². The highest BCUT2D eigenvalue weighted by atomic mass is 35.5. The molecule has 0 bridgehead atoms. The monoisotopic (exact) mass is 298 g/mol. The van der Waals surface area contributed by atoms with Crippen LogP contribution in [0.4, 0.5) is 4.39 Å². The van der Waals surface area contributed by atoms with E-state index < -0.39 is 24.1 Å². The van der Waals surface area contributed by atoms with Crippen molar-refractivity contribution in [3.05, 3.63) is 29.0 Å². The van der Waals surface area contributed by atoms with Crippen molar-refractivity contribution in [3.8, 4) is 0 Å². The van der Waals surface area contributed by atoms with Crippen molar-refractivity contribution in [3.63, 3.8) is 0 Å². The van der Waals surface area contributed by atoms with Gasteiger partial charge in [0, 0.05) is 5.46 Å². The van der Waals surface area contributed by atoms with E-state index in [0.29, 0.717) is 11.4 Å². The maximum absolute atomic E-state index is 13.6. The Balaban J connectivity index is 2.32. The van der Waals surface area contributed by atoms with E-state index in [2.05, 4.69) is 13.8 Å². The molecule has 1 atom stereocenters. The molecule has 1 saturated heterocycles. The molecular formula is C15H21BClFO2. The van der Waals surface area contributed by atoms with E-state index in [1.54, 1.807) is 12.1 Å². The predicted molar refractivity (Wildman–Crippen MR) is 80.9 cm³/mol. The second-order valence-corrected chi connectivity index (χ2v) is 6.93. The van der Waals surface area contributed by atoms with Crippen molar-refractivity contribution in [2.75, 3.05) is 0 Å². The van der Waals surface area contributed by atoms with E-state index in [1.165, 1.54) is 6.07 Å². The first-order chi connectivity index (χ1) is 9.16. The van der Waals surface area contributed by atoms with E-state index in [4.69, 9.17) is 20.9 Å². The van der Waals surface area contributed by atoms with E-state index in [1.807, 2.05) is 20.8 Å². The largest absolute Gasteiger partial charge is 0.496 e. The van der Waals surface area contributed by atoms with Crippen LogP contribution in [-0.4, -0.2) is 18.3 Å². The Bertz CT molecular complexity index is 507. The Morgan fingerprint density at radius 3 is 2.50 bits per heavy atom. The first kappa shape index (κ1) is 15.8. The van der Waals surface area contributed by atoms with Gasteiger partial charge in [-0.1, -0.05) is 37.6 Å². The van der Waals surface area contributed by atoms with Crippen LogP contribution >= 0.6 is 11.6 Å². The van der Waals surface area contributed by atoms with Crippen LogP contribution in [0.15, 0.2) is 18.2 Å². The van der Waals surface area contributed by atoms with E-state index >= 15 is 0 Å². The summed E-state index contributed by atoms with van der Waals surface area (Å²) in [4.78, 5) is 0. The minimum absolute atomic E-state index is 0.0714. The molecule has 0 saturated carbocycles. The third kappa shape index (κ3) is 2.74. The van der Waals surface area contributed by atoms with Crippen LogP contribution in [0.3, 0.4) is 0 Å². The van der Waals surface area contributed by atoms with Gasteiger partial charge in [-0.2, -0.15) is 0 Å². The quantitative estimate of drug-likeness (QED) is 0.790. The fourth-order valence-electron chi connectivity index (χ4n) is 2.70. The number of benzene rings is 1. The molecule has 1 aromatic carbocycles. The average Bonchev–Trinajstić information content (AvgIpc) is 2.52. The van der Waals surface area contributed by atoms with Gasteiger partial charge in [-0.15, -0.1) is 0 Å². The van der Waals surface area contributed by atoms with Crippen molar-refractivity contribution in [1.29, 1.82) is 0 Å². The highest BCUT2D eigenvalue weighted by molar-refractivity contribution is 6.65. The molecule has 0 radical (unpaired) electrons. The lowest BCUT2D eigenvalue weighted by Gasteiger charge is -2.37. The lowest BCUT2D eigenvalue weighted by molar-refractivity contribution is -0.0239. The second kappa shape index (κ2) is 5.32. The van der Waals surface area contributed by atoms with Gasteiger partial charge in [-0.25, -0.2) is 4.39 Å². The third-order valence-electron chi connectivity index (χ3n) is 4.08. The number of hydrogen-bond donors (Lipinski definition) is 0. The Morgan fingerprint density at radius 1 is 1.25 bits per heavy atom. The molecule has 1 unspecified atom stereocenters. The van der Waals surface area contributed by atoms with Crippen LogP contribution in [0.2, 0.25) is 5.02 Å². The van der Waals surface area contributed by atoms with Crippen LogP contribution in [0.1, 0.15) is 41.0 Å². The minimum Gasteiger partial charge on any atom is -0.399 e. The zero-order valence-electron chi connectivity index (χ0n) is 12.7. The molecule has 0 spiro atoms. The third-order valence-corrected chi connectivity index (χ3v) is 4.47. The van der Waals surface area contributed by atoms with E-state index in [0.717, 1.165) is 6.42 Å². The fourth-order valence-corrected chi connectivity index (χ4v) is 2.91. The van der Waals surface area contributed by atoms with Crippen molar-refractivity contribution >= 4 is 24.2 Å². The van der Waals surface area contributed by atoms with Gasteiger partial charge in [0.1, 0.15) is 5.82 Å². The molecule has 0 aromatic heterocycles. The van der Waals surface area contributed by atoms with Crippen molar-refractivity contribution < 1.29 is 13.7 Å². The zero-order chi connectivity index (χ0) is 15.1. The molecule has 1 heterocycles. The molecule has 0 N–H and O–H groups in total. The molecule has 0 amide bonds. The predicted octanol–water partition coefficient (Wildman–Crippen LogP) is 3.80. The van der Waals surface area contributed by atoms with Gasteiger partial charge in [0.25, 0.3) is 0 Å². The smallest absolute Gasteiger partial charge is 0.399 e. The van der Waals surface area contributed by atoms with Crippen LogP contribution in [0, 0.1) is 11.7 Å². The number of halogens is 2. The molecule has 20 heavy (non-hydrogen) atoms. The van der Waals surface area contributed by atoms with Gasteiger partial charge in [0.05, 0.1) is 16.2 Å². The normalized spacial score (nSPS) is 25.5. The lowest BCUT2D eigenvalue weighted by Crippen LogP contribution is -2.45. The summed E-state index contributed by atoms with van der Waals surface area (Å²) in [7, 11) is -0.628. The average molecular weight is 299 g/mol. The van der Waals surface area contributed by atoms with E-state index in [-0.39, 0.29) is 5.02 Å². The Hall–Kier alpha value is -0.575. The van der Waals surface area contributed by atoms with Gasteiger partial charge in [0.2, 0.25) is 0 Å². The Morgan fingerprint density at radius 2 is 1.90 bits per heavy atom. The molecule has 110 valence electrons. The Kier molecular flexibility index (Phi) is 4.21. The summed E-state index contributed by atoms with van der Waals surface area (Å²) in [5.74, 6) is 0.0243. The lowest BCUT2D eigenvalue weighted by atomic mass is 9.79. The van der Waals surface area contributed by atoms with Gasteiger partial charge in [-0.3, -0.25) is 0 Å². The summed E-state index contributed by atoms with van der Waals surface area (Å²) in [6, 6.07) is 4.70.